The van der Waals surface area contributed by atoms with Gasteiger partial charge in [-0.15, -0.1) is 0 Å². The Bertz CT molecular complexity index is 7840. The summed E-state index contributed by atoms with van der Waals surface area (Å²) in [5.41, 5.74) is 26.7. The average Bonchev–Trinajstić information content (AvgIpc) is 1.53. The lowest BCUT2D eigenvalue weighted by molar-refractivity contribution is 0.00578. The topological polar surface area (TPSA) is 162 Å². The Morgan fingerprint density at radius 1 is 0.262 bits per heavy atom. The molecule has 3 fully saturated rings. The number of halogens is 3. The van der Waals surface area contributed by atoms with Crippen molar-refractivity contribution in [1.29, 1.82) is 0 Å². The van der Waals surface area contributed by atoms with Crippen molar-refractivity contribution in [3.8, 4) is 90.1 Å². The Morgan fingerprint density at radius 2 is 0.553 bits per heavy atom. The van der Waals surface area contributed by atoms with E-state index in [-0.39, 0.29) is 22.4 Å². The van der Waals surface area contributed by atoms with E-state index in [2.05, 4.69) is 325 Å². The molecule has 3 saturated heterocycles. The molecule has 0 radical (unpaired) electrons. The third-order valence-corrected chi connectivity index (χ3v) is 31.9. The molecule has 27 rings (SSSR count). The minimum atomic E-state index is -1.44. The number of benzene rings is 15. The molecule has 2 N–H and O–H groups in total. The summed E-state index contributed by atoms with van der Waals surface area (Å²) >= 11 is 16.7. The van der Waals surface area contributed by atoms with Gasteiger partial charge in [-0.25, -0.2) is 0 Å². The molecule has 21 heteroatoms. The number of hydrogen-bond acceptors (Lipinski definition) is 14. The summed E-state index contributed by atoms with van der Waals surface area (Å²) in [6.45, 7) is 24.6. The molecule has 0 unspecified atom stereocenters. The van der Waals surface area contributed by atoms with Crippen LogP contribution < -0.4 is 25.1 Å². The van der Waals surface area contributed by atoms with Crippen molar-refractivity contribution in [3.63, 3.8) is 0 Å². The molecule has 0 bridgehead atoms. The molecule has 0 amide bonds. The van der Waals surface area contributed by atoms with E-state index in [4.69, 9.17) is 75.4 Å². The Balaban J connectivity index is 0.000000104. The number of pyridine rings is 3. The zero-order chi connectivity index (χ0) is 97.2. The van der Waals surface area contributed by atoms with Crippen molar-refractivity contribution >= 4 is 111 Å². The van der Waals surface area contributed by atoms with Crippen LogP contribution in [0.4, 0.5) is 0 Å². The Hall–Kier alpha value is -13.1. The van der Waals surface area contributed by atoms with Gasteiger partial charge in [-0.3, -0.25) is 15.0 Å². The van der Waals surface area contributed by atoms with Crippen molar-refractivity contribution in [2.75, 3.05) is 0 Å². The van der Waals surface area contributed by atoms with Gasteiger partial charge in [-0.05, 0) is 310 Å². The molecule has 3 aromatic heterocycles. The van der Waals surface area contributed by atoms with Crippen molar-refractivity contribution in [3.05, 3.63) is 446 Å². The molecular weight excluding hydrogens is 1850 g/mol. The van der Waals surface area contributed by atoms with Crippen LogP contribution in [0.3, 0.4) is 0 Å². The Kier molecular flexibility index (Phi) is 22.4. The highest BCUT2D eigenvalue weighted by molar-refractivity contribution is 9.10. The monoisotopic (exact) mass is 1950 g/mol. The van der Waals surface area contributed by atoms with Crippen molar-refractivity contribution in [2.24, 2.45) is 0 Å². The SMILES string of the molecule is CC1(C)OB(B2OC(C)(C)C(C)(C)O2)OC1(C)C.CC1(C)OB(c2ccc3c(c2)-c2cc(-c4cccc5ncccc45)ccc2C32c3ccccc3Oc3ccccc32)OC1(C)C.Clc1ccc2c(c1)-c1cc(-c3cccc4ncccc34)ccc1C21c2ccccc2Oc2ccccc21.Clc1ccc2c(c1)-c1cc(Br)ccc1C21c2ccccc2Oc2ccccc21.OB(O)c1cccc2ncccc12. The normalized spacial score (nSPS) is 17.3. The van der Waals surface area contributed by atoms with E-state index in [0.29, 0.717) is 5.46 Å². The number of nitrogens with zero attached hydrogens (tertiary/aromatic N) is 3. The van der Waals surface area contributed by atoms with Gasteiger partial charge in [0.15, 0.2) is 0 Å². The third-order valence-electron chi connectivity index (χ3n) is 30.9. The minimum absolute atomic E-state index is 0.360. The highest BCUT2D eigenvalue weighted by Gasteiger charge is 2.65. The van der Waals surface area contributed by atoms with E-state index in [1.807, 2.05) is 128 Å². The highest BCUT2D eigenvalue weighted by Crippen LogP contribution is 2.67. The summed E-state index contributed by atoms with van der Waals surface area (Å²) in [4.78, 5) is 13.3. The van der Waals surface area contributed by atoms with E-state index in [0.717, 1.165) is 126 Å². The third kappa shape index (κ3) is 14.7. The van der Waals surface area contributed by atoms with Gasteiger partial charge < -0.3 is 52.2 Å². The fourth-order valence-corrected chi connectivity index (χ4v) is 22.9. The van der Waals surface area contributed by atoms with E-state index >= 15 is 0 Å². The van der Waals surface area contributed by atoms with Gasteiger partial charge in [0.2, 0.25) is 0 Å². The molecule has 692 valence electrons. The Labute approximate surface area is 840 Å². The van der Waals surface area contributed by atoms with Crippen LogP contribution in [0.2, 0.25) is 10.0 Å². The van der Waals surface area contributed by atoms with Gasteiger partial charge in [0, 0.05) is 77.3 Å². The van der Waals surface area contributed by atoms with Gasteiger partial charge in [0.05, 0.1) is 66.4 Å². The molecular formula is C120H98B4BrCl2N3O11. The second-order valence-electron chi connectivity index (χ2n) is 40.3. The van der Waals surface area contributed by atoms with Gasteiger partial charge in [0.25, 0.3) is 0 Å². The number of para-hydroxylation sites is 6. The quantitative estimate of drug-likeness (QED) is 0.157. The number of fused-ring (bicyclic) bond motifs is 30. The summed E-state index contributed by atoms with van der Waals surface area (Å²) in [5.74, 6) is 5.34. The van der Waals surface area contributed by atoms with Crippen LogP contribution in [0, 0.1) is 0 Å². The lowest BCUT2D eigenvalue weighted by Gasteiger charge is -2.39. The molecule has 18 aromatic rings. The lowest BCUT2D eigenvalue weighted by atomic mass is 9.49. The van der Waals surface area contributed by atoms with Crippen LogP contribution in [0.25, 0.3) is 88.3 Å². The van der Waals surface area contributed by atoms with E-state index in [9.17, 15) is 0 Å². The first-order valence-electron chi connectivity index (χ1n) is 47.8. The van der Waals surface area contributed by atoms with Crippen LogP contribution in [0.1, 0.15) is 150 Å². The fourth-order valence-electron chi connectivity index (χ4n) is 22.2. The maximum atomic E-state index is 9.05. The van der Waals surface area contributed by atoms with E-state index < -0.39 is 55.7 Å². The first-order chi connectivity index (χ1) is 67.9. The molecule has 141 heavy (non-hydrogen) atoms. The fraction of sp³-hybridized carbons (Fsp3) is 0.175. The second-order valence-corrected chi connectivity index (χ2v) is 42.1. The molecule has 14 nitrogen and oxygen atoms in total. The van der Waals surface area contributed by atoms with Crippen LogP contribution in [-0.4, -0.2) is 86.9 Å². The predicted molar refractivity (Wildman–Crippen MR) is 570 cm³/mol. The zero-order valence-electron chi connectivity index (χ0n) is 80.0. The van der Waals surface area contributed by atoms with Crippen LogP contribution in [0.15, 0.2) is 369 Å². The van der Waals surface area contributed by atoms with Gasteiger partial charge in [0.1, 0.15) is 34.5 Å². The highest BCUT2D eigenvalue weighted by atomic mass is 79.9. The predicted octanol–water partition coefficient (Wildman–Crippen LogP) is 27.4. The van der Waals surface area contributed by atoms with E-state index in [1.165, 1.54) is 83.5 Å². The first-order valence-corrected chi connectivity index (χ1v) is 49.3. The largest absolute Gasteiger partial charge is 0.494 e. The standard InChI is InChI=1S/C40H32BNO3.C34H20ClNO.C25H14BrClO.C12H24B2O4.C9H8BNO2/c1-38(2)39(3,4)45-41(44-38)26-19-21-32-30(24-26)29-23-25(27-11-9-15-35-28(27)12-10-22-42-35)18-20-31(29)40(32)33-13-5-7-16-36(33)43-37-17-8-6-14-34(37)40;35-22-15-17-28-26(20-22)25-19-21(23-7-5-11-31-24(23)8-6-18-36-31)14-16-27(25)34(28)29-9-1-3-12-32(29)37-33-13-4-2-10-30(33)34;26-15-9-11-19-17(13-15)18-14-16(27)10-12-20(18)25(19)21-5-1-3-7-23(21)28-24-8-4-2-6-22(24)25;1-9(2)10(3,4)16-13(15-9)14-17-11(5,6)12(7,8)18-14;12-10(13)8-4-1-5-9-7(8)3-2-6-11-9/h5-24H,1-4H3;1-20H;1-14H;1-8H3;1-6,12-13H. The number of rotatable bonds is 5. The smallest absolute Gasteiger partial charge is 0.457 e. The zero-order valence-corrected chi connectivity index (χ0v) is 83.1. The van der Waals surface area contributed by atoms with Crippen molar-refractivity contribution in [1.82, 2.24) is 15.0 Å². The van der Waals surface area contributed by atoms with Crippen molar-refractivity contribution < 1.29 is 52.2 Å². The maximum absolute atomic E-state index is 9.05. The molecule has 9 heterocycles. The minimum Gasteiger partial charge on any atom is -0.457 e. The van der Waals surface area contributed by atoms with Gasteiger partial charge >= 0.3 is 28.3 Å². The van der Waals surface area contributed by atoms with E-state index in [1.54, 1.807) is 24.4 Å². The maximum Gasteiger partial charge on any atom is 0.494 e. The van der Waals surface area contributed by atoms with Crippen LogP contribution in [0.5, 0.6) is 34.5 Å². The average molecular weight is 1950 g/mol. The molecule has 0 saturated carbocycles. The molecule has 0 atom stereocenters. The molecule has 15 aromatic carbocycles. The summed E-state index contributed by atoms with van der Waals surface area (Å²) in [6.07, 6.45) is 5.37. The molecule has 3 aliphatic carbocycles. The molecule has 6 aliphatic heterocycles. The lowest BCUT2D eigenvalue weighted by Crippen LogP contribution is -2.41. The van der Waals surface area contributed by atoms with Crippen LogP contribution in [-0.2, 0) is 44.2 Å². The van der Waals surface area contributed by atoms with Crippen LogP contribution >= 0.6 is 39.1 Å². The number of ether oxygens (including phenoxy) is 3. The van der Waals surface area contributed by atoms with Crippen molar-refractivity contribution in [2.45, 2.75) is 133 Å². The molecule has 3 spiro atoms. The Morgan fingerprint density at radius 3 is 0.915 bits per heavy atom. The summed E-state index contributed by atoms with van der Waals surface area (Å²) in [7, 11) is -2.85. The first kappa shape index (κ1) is 91.7. The second kappa shape index (κ2) is 34.4. The van der Waals surface area contributed by atoms with Gasteiger partial charge in [-0.2, -0.15) is 0 Å². The molecule has 9 aliphatic rings. The summed E-state index contributed by atoms with van der Waals surface area (Å²) < 4.78 is 57.3. The summed E-state index contributed by atoms with van der Waals surface area (Å²) in [5, 5.41) is 22.6. The summed E-state index contributed by atoms with van der Waals surface area (Å²) in [6, 6.07) is 120. The van der Waals surface area contributed by atoms with Gasteiger partial charge in [-0.1, -0.05) is 264 Å². The number of hydrogen-bond donors (Lipinski definition) is 2. The number of aromatic nitrogens is 3.